The summed E-state index contributed by atoms with van der Waals surface area (Å²) in [6, 6.07) is 5.92. The predicted molar refractivity (Wildman–Crippen MR) is 129 cm³/mol. The summed E-state index contributed by atoms with van der Waals surface area (Å²) < 4.78 is 1.55. The number of likely N-dealkylation sites (tertiary alicyclic amines) is 1. The molecule has 2 aromatic rings. The molecule has 0 unspecified atom stereocenters. The van der Waals surface area contributed by atoms with Crippen molar-refractivity contribution in [3.63, 3.8) is 0 Å². The molecule has 2 fully saturated rings. The lowest BCUT2D eigenvalue weighted by molar-refractivity contribution is 0.00470. The monoisotopic (exact) mass is 457 g/mol. The lowest BCUT2D eigenvalue weighted by Gasteiger charge is -2.52. The summed E-state index contributed by atoms with van der Waals surface area (Å²) in [5.41, 5.74) is 3.30. The van der Waals surface area contributed by atoms with E-state index < -0.39 is 0 Å². The van der Waals surface area contributed by atoms with Gasteiger partial charge in [-0.05, 0) is 81.6 Å². The number of amides is 1. The van der Waals surface area contributed by atoms with Gasteiger partial charge >= 0.3 is 0 Å². The number of carbonyl (C=O) groups is 1. The number of carbonyl (C=O) groups excluding carboxylic acids is 1. The number of piperidine rings is 1. The van der Waals surface area contributed by atoms with Gasteiger partial charge in [0.25, 0.3) is 5.91 Å². The minimum atomic E-state index is -0.149. The van der Waals surface area contributed by atoms with Gasteiger partial charge in [0.05, 0.1) is 5.69 Å². The van der Waals surface area contributed by atoms with Crippen LogP contribution in [0.4, 0.5) is 0 Å². The highest BCUT2D eigenvalue weighted by Gasteiger charge is 2.46. The molecule has 32 heavy (non-hydrogen) atoms. The van der Waals surface area contributed by atoms with Crippen LogP contribution >= 0.6 is 11.6 Å². The second-order valence-electron chi connectivity index (χ2n) is 11.0. The Morgan fingerprint density at radius 2 is 1.94 bits per heavy atom. The molecule has 1 aliphatic carbocycles. The Labute approximate surface area is 196 Å². The number of rotatable bonds is 5. The summed E-state index contributed by atoms with van der Waals surface area (Å²) in [4.78, 5) is 20.3. The number of aryl methyl sites for hydroxylation is 2. The molecular weight excluding hydrogens is 422 g/mol. The van der Waals surface area contributed by atoms with Gasteiger partial charge in [0.15, 0.2) is 0 Å². The van der Waals surface area contributed by atoms with Crippen LogP contribution in [0.25, 0.3) is 11.4 Å². The van der Waals surface area contributed by atoms with Crippen molar-refractivity contribution in [1.29, 1.82) is 0 Å². The van der Waals surface area contributed by atoms with Gasteiger partial charge in [0.1, 0.15) is 16.4 Å². The van der Waals surface area contributed by atoms with E-state index in [-0.39, 0.29) is 11.9 Å². The Bertz CT molecular complexity index is 977. The predicted octanol–water partition coefficient (Wildman–Crippen LogP) is 4.85. The van der Waals surface area contributed by atoms with Gasteiger partial charge in [-0.15, -0.1) is 0 Å². The Balaban J connectivity index is 1.35. The van der Waals surface area contributed by atoms with Gasteiger partial charge in [-0.25, -0.2) is 0 Å². The summed E-state index contributed by atoms with van der Waals surface area (Å²) in [5, 5.41) is 8.05. The van der Waals surface area contributed by atoms with Gasteiger partial charge in [-0.2, -0.15) is 5.10 Å². The average Bonchev–Trinajstić information content (AvgIpc) is 3.00. The molecule has 174 valence electrons. The zero-order chi connectivity index (χ0) is 23.1. The summed E-state index contributed by atoms with van der Waals surface area (Å²) in [5.74, 6) is -0.149. The molecule has 1 saturated carbocycles. The Kier molecular flexibility index (Phi) is 6.38. The molecule has 7 heteroatoms. The summed E-state index contributed by atoms with van der Waals surface area (Å²) >= 11 is 6.47. The summed E-state index contributed by atoms with van der Waals surface area (Å²) in [6.07, 6.45) is 5.82. The Hall–Kier alpha value is -1.92. The van der Waals surface area contributed by atoms with Crippen molar-refractivity contribution in [1.82, 2.24) is 25.0 Å². The standard InChI is InChI=1S/C25H36ClN5O/c1-17-7-6-8-19(27-17)21-20(22(26)30(5)29-21)23(32)28-18-15-25(16-18)10-13-31(14-11-25)12-9-24(2,3)4/h6-8,18H,9-16H2,1-5H3,(H,28,32). The van der Waals surface area contributed by atoms with Crippen LogP contribution in [0.2, 0.25) is 5.15 Å². The van der Waals surface area contributed by atoms with E-state index in [9.17, 15) is 4.79 Å². The summed E-state index contributed by atoms with van der Waals surface area (Å²) in [7, 11) is 1.75. The molecule has 1 spiro atoms. The first-order valence-electron chi connectivity index (χ1n) is 11.8. The maximum Gasteiger partial charge on any atom is 0.256 e. The topological polar surface area (TPSA) is 63.1 Å². The number of halogens is 1. The van der Waals surface area contributed by atoms with Gasteiger partial charge < -0.3 is 10.2 Å². The van der Waals surface area contributed by atoms with E-state index >= 15 is 0 Å². The zero-order valence-electron chi connectivity index (χ0n) is 20.0. The molecule has 2 aliphatic rings. The van der Waals surface area contributed by atoms with Crippen molar-refractivity contribution < 1.29 is 4.79 Å². The van der Waals surface area contributed by atoms with Crippen molar-refractivity contribution in [2.75, 3.05) is 19.6 Å². The van der Waals surface area contributed by atoms with Crippen molar-refractivity contribution in [3.8, 4) is 11.4 Å². The smallest absolute Gasteiger partial charge is 0.256 e. The minimum absolute atomic E-state index is 0.149. The quantitative estimate of drug-likeness (QED) is 0.696. The van der Waals surface area contributed by atoms with Crippen LogP contribution in [0.1, 0.15) is 68.9 Å². The molecule has 1 N–H and O–H groups in total. The third-order valence-electron chi connectivity index (χ3n) is 7.12. The second-order valence-corrected chi connectivity index (χ2v) is 11.4. The highest BCUT2D eigenvalue weighted by molar-refractivity contribution is 6.33. The fraction of sp³-hybridized carbons (Fsp3) is 0.640. The Morgan fingerprint density at radius 3 is 2.56 bits per heavy atom. The first-order chi connectivity index (χ1) is 15.1. The van der Waals surface area contributed by atoms with E-state index in [4.69, 9.17) is 11.6 Å². The molecule has 0 aromatic carbocycles. The van der Waals surface area contributed by atoms with Gasteiger partial charge in [-0.1, -0.05) is 38.4 Å². The van der Waals surface area contributed by atoms with E-state index in [1.807, 2.05) is 25.1 Å². The third-order valence-corrected chi connectivity index (χ3v) is 7.56. The van der Waals surface area contributed by atoms with E-state index in [0.29, 0.717) is 32.9 Å². The highest BCUT2D eigenvalue weighted by Crippen LogP contribution is 2.49. The molecule has 1 amide bonds. The largest absolute Gasteiger partial charge is 0.349 e. The number of pyridine rings is 1. The maximum absolute atomic E-state index is 13.2. The van der Waals surface area contributed by atoms with Crippen LogP contribution < -0.4 is 5.32 Å². The first-order valence-corrected chi connectivity index (χ1v) is 12.1. The van der Waals surface area contributed by atoms with Gasteiger partial charge in [0.2, 0.25) is 0 Å². The molecular formula is C25H36ClN5O. The second kappa shape index (κ2) is 8.79. The van der Waals surface area contributed by atoms with Crippen LogP contribution in [0.3, 0.4) is 0 Å². The highest BCUT2D eigenvalue weighted by atomic mass is 35.5. The number of hydrogen-bond acceptors (Lipinski definition) is 4. The minimum Gasteiger partial charge on any atom is -0.349 e. The lowest BCUT2D eigenvalue weighted by atomic mass is 9.60. The molecule has 0 atom stereocenters. The molecule has 4 rings (SSSR count). The average molecular weight is 458 g/mol. The van der Waals surface area contributed by atoms with Crippen LogP contribution in [0.5, 0.6) is 0 Å². The third kappa shape index (κ3) is 5.01. The van der Waals surface area contributed by atoms with Crippen LogP contribution in [0.15, 0.2) is 18.2 Å². The van der Waals surface area contributed by atoms with Crippen molar-refractivity contribution in [2.45, 2.75) is 65.8 Å². The number of nitrogens with zero attached hydrogens (tertiary/aromatic N) is 4. The van der Waals surface area contributed by atoms with Crippen molar-refractivity contribution in [3.05, 3.63) is 34.6 Å². The first kappa shape index (κ1) is 23.2. The Morgan fingerprint density at radius 1 is 1.25 bits per heavy atom. The molecule has 1 aliphatic heterocycles. The fourth-order valence-electron chi connectivity index (χ4n) is 5.06. The van der Waals surface area contributed by atoms with Gasteiger partial charge in [-0.3, -0.25) is 14.5 Å². The molecule has 0 bridgehead atoms. The van der Waals surface area contributed by atoms with Gasteiger partial charge in [0, 0.05) is 18.8 Å². The zero-order valence-corrected chi connectivity index (χ0v) is 20.8. The molecule has 2 aromatic heterocycles. The molecule has 3 heterocycles. The lowest BCUT2D eigenvalue weighted by Crippen LogP contribution is -2.55. The molecule has 0 radical (unpaired) electrons. The summed E-state index contributed by atoms with van der Waals surface area (Å²) in [6.45, 7) is 12.4. The van der Waals surface area contributed by atoms with E-state index in [1.54, 1.807) is 11.7 Å². The number of nitrogens with one attached hydrogen (secondary N) is 1. The normalized spacial score (nSPS) is 19.2. The van der Waals surface area contributed by atoms with Crippen molar-refractivity contribution in [2.24, 2.45) is 17.9 Å². The maximum atomic E-state index is 13.2. The fourth-order valence-corrected chi connectivity index (χ4v) is 5.27. The SMILES string of the molecule is Cc1cccc(-c2nn(C)c(Cl)c2C(=O)NC2CC3(CCN(CCC(C)(C)C)CC3)C2)n1. The molecule has 6 nitrogen and oxygen atoms in total. The number of aromatic nitrogens is 3. The van der Waals surface area contributed by atoms with Crippen LogP contribution in [-0.2, 0) is 7.05 Å². The number of hydrogen-bond donors (Lipinski definition) is 1. The van der Waals surface area contributed by atoms with E-state index in [0.717, 1.165) is 18.5 Å². The van der Waals surface area contributed by atoms with E-state index in [1.165, 1.54) is 38.9 Å². The molecule has 1 saturated heterocycles. The van der Waals surface area contributed by atoms with Crippen LogP contribution in [0, 0.1) is 17.8 Å². The van der Waals surface area contributed by atoms with Crippen molar-refractivity contribution >= 4 is 17.5 Å². The van der Waals surface area contributed by atoms with Crippen LogP contribution in [-0.4, -0.2) is 51.2 Å². The van der Waals surface area contributed by atoms with E-state index in [2.05, 4.69) is 41.1 Å².